The number of benzene rings is 1. The number of aromatic carboxylic acids is 1. The molecule has 0 saturated carbocycles. The Hall–Kier alpha value is -2.84. The number of carbonyl (C=O) groups excluding carboxylic acids is 1. The lowest BCUT2D eigenvalue weighted by molar-refractivity contribution is -0.119. The van der Waals surface area contributed by atoms with Gasteiger partial charge in [0.15, 0.2) is 0 Å². The molecule has 2 aromatic rings. The van der Waals surface area contributed by atoms with Crippen LogP contribution in [-0.4, -0.2) is 65.5 Å². The smallest absolute Gasteiger partial charge is 0.335 e. The van der Waals surface area contributed by atoms with Crippen LogP contribution in [0.25, 0.3) is 0 Å². The minimum Gasteiger partial charge on any atom is -0.478 e. The van der Waals surface area contributed by atoms with Crippen LogP contribution in [-0.2, 0) is 17.9 Å². The van der Waals surface area contributed by atoms with Crippen molar-refractivity contribution >= 4 is 17.6 Å². The van der Waals surface area contributed by atoms with Crippen molar-refractivity contribution in [2.24, 2.45) is 0 Å². The highest BCUT2D eigenvalue weighted by Gasteiger charge is 2.27. The molecule has 2 heterocycles. The molecule has 0 atom stereocenters. The van der Waals surface area contributed by atoms with Crippen molar-refractivity contribution in [3.8, 4) is 0 Å². The Morgan fingerprint density at radius 2 is 2.04 bits per heavy atom. The van der Waals surface area contributed by atoms with E-state index in [1.807, 2.05) is 23.9 Å². The fraction of sp³-hybridized carbons (Fsp3) is 0.350. The number of nitrogens with zero attached hydrogens (tertiary/aromatic N) is 4. The second-order valence-electron chi connectivity index (χ2n) is 7.11. The number of rotatable bonds is 6. The normalized spacial score (nSPS) is 14.9. The van der Waals surface area contributed by atoms with Crippen LogP contribution in [0.15, 0.2) is 36.5 Å². The Kier molecular flexibility index (Phi) is 6.01. The van der Waals surface area contributed by atoms with E-state index in [0.29, 0.717) is 37.6 Å². The number of carboxylic acid groups (broad SMARTS) is 1. The minimum atomic E-state index is -1.02. The summed E-state index contributed by atoms with van der Waals surface area (Å²) in [7, 11) is 3.84. The Balaban J connectivity index is 1.87. The third-order valence-corrected chi connectivity index (χ3v) is 4.61. The number of hydrogen-bond acceptors (Lipinski definition) is 5. The molecule has 7 nitrogen and oxygen atoms in total. The van der Waals surface area contributed by atoms with Gasteiger partial charge in [-0.3, -0.25) is 14.7 Å². The van der Waals surface area contributed by atoms with E-state index in [0.717, 1.165) is 5.56 Å². The van der Waals surface area contributed by atoms with Crippen LogP contribution >= 0.6 is 0 Å². The van der Waals surface area contributed by atoms with Gasteiger partial charge in [0.25, 0.3) is 0 Å². The Labute approximate surface area is 163 Å². The van der Waals surface area contributed by atoms with Gasteiger partial charge in [0.05, 0.1) is 23.5 Å². The van der Waals surface area contributed by atoms with Gasteiger partial charge in [0, 0.05) is 32.4 Å². The molecule has 0 saturated heterocycles. The largest absolute Gasteiger partial charge is 0.478 e. The van der Waals surface area contributed by atoms with Crippen LogP contribution < -0.4 is 4.90 Å². The SMILES string of the molecule is CN(C)CCN1C(=O)CN(Cc2cc(C(=O)O)ccn2)Cc2ccc(F)cc21. The molecule has 0 spiro atoms. The van der Waals surface area contributed by atoms with E-state index in [9.17, 15) is 14.0 Å². The molecule has 0 radical (unpaired) electrons. The minimum absolute atomic E-state index is 0.124. The third kappa shape index (κ3) is 4.71. The van der Waals surface area contributed by atoms with Crippen LogP contribution in [0.4, 0.5) is 10.1 Å². The predicted molar refractivity (Wildman–Crippen MR) is 103 cm³/mol. The van der Waals surface area contributed by atoms with Crippen LogP contribution in [0, 0.1) is 5.82 Å². The number of aromatic nitrogens is 1. The van der Waals surface area contributed by atoms with Gasteiger partial charge >= 0.3 is 5.97 Å². The van der Waals surface area contributed by atoms with Crippen LogP contribution in [0.5, 0.6) is 0 Å². The number of pyridine rings is 1. The summed E-state index contributed by atoms with van der Waals surface area (Å²) in [6, 6.07) is 7.42. The maximum atomic E-state index is 13.9. The number of amides is 1. The van der Waals surface area contributed by atoms with Crippen molar-refractivity contribution in [1.29, 1.82) is 0 Å². The van der Waals surface area contributed by atoms with Gasteiger partial charge in [-0.15, -0.1) is 0 Å². The van der Waals surface area contributed by atoms with Crippen molar-refractivity contribution < 1.29 is 19.1 Å². The van der Waals surface area contributed by atoms with E-state index in [4.69, 9.17) is 5.11 Å². The highest BCUT2D eigenvalue weighted by Crippen LogP contribution is 2.27. The highest BCUT2D eigenvalue weighted by molar-refractivity contribution is 5.96. The number of likely N-dealkylation sites (N-methyl/N-ethyl adjacent to an activating group) is 1. The molecule has 0 fully saturated rings. The lowest BCUT2D eigenvalue weighted by Crippen LogP contribution is -2.40. The summed E-state index contributed by atoms with van der Waals surface area (Å²) in [6.07, 6.45) is 1.45. The van der Waals surface area contributed by atoms with Crippen molar-refractivity contribution in [2.75, 3.05) is 38.6 Å². The monoisotopic (exact) mass is 386 g/mol. The standard InChI is InChI=1S/C20H23FN4O3/c1-23(2)7-8-25-18-10-16(21)4-3-15(18)11-24(13-19(25)26)12-17-9-14(20(27)28)5-6-22-17/h3-6,9-10H,7-8,11-13H2,1-2H3,(H,27,28). The Bertz CT molecular complexity index is 888. The molecule has 1 aromatic heterocycles. The number of anilines is 1. The van der Waals surface area contributed by atoms with Gasteiger partial charge in [-0.25, -0.2) is 9.18 Å². The van der Waals surface area contributed by atoms with Gasteiger partial charge in [-0.05, 0) is 43.9 Å². The second-order valence-corrected chi connectivity index (χ2v) is 7.11. The zero-order valence-electron chi connectivity index (χ0n) is 15.9. The average molecular weight is 386 g/mol. The van der Waals surface area contributed by atoms with Crippen molar-refractivity contribution in [3.63, 3.8) is 0 Å². The fourth-order valence-electron chi connectivity index (χ4n) is 3.21. The molecule has 148 valence electrons. The molecule has 28 heavy (non-hydrogen) atoms. The molecule has 1 aliphatic rings. The first-order chi connectivity index (χ1) is 13.3. The van der Waals surface area contributed by atoms with E-state index >= 15 is 0 Å². The fourth-order valence-corrected chi connectivity index (χ4v) is 3.21. The predicted octanol–water partition coefficient (Wildman–Crippen LogP) is 1.83. The average Bonchev–Trinajstić information content (AvgIpc) is 2.75. The van der Waals surface area contributed by atoms with Gasteiger partial charge in [0.2, 0.25) is 5.91 Å². The van der Waals surface area contributed by atoms with Gasteiger partial charge < -0.3 is 14.9 Å². The quantitative estimate of drug-likeness (QED) is 0.816. The van der Waals surface area contributed by atoms with Crippen molar-refractivity contribution in [3.05, 3.63) is 59.2 Å². The number of carbonyl (C=O) groups is 2. The van der Waals surface area contributed by atoms with Gasteiger partial charge in [0.1, 0.15) is 5.82 Å². The number of carboxylic acids is 1. The molecule has 0 unspecified atom stereocenters. The van der Waals surface area contributed by atoms with Crippen LogP contribution in [0.3, 0.4) is 0 Å². The first kappa shape index (κ1) is 19.9. The lowest BCUT2D eigenvalue weighted by atomic mass is 10.1. The molecular weight excluding hydrogens is 363 g/mol. The molecule has 1 aliphatic heterocycles. The highest BCUT2D eigenvalue weighted by atomic mass is 19.1. The zero-order chi connectivity index (χ0) is 20.3. The van der Waals surface area contributed by atoms with Crippen LogP contribution in [0.2, 0.25) is 0 Å². The summed E-state index contributed by atoms with van der Waals surface area (Å²) >= 11 is 0. The molecular formula is C20H23FN4O3. The van der Waals surface area contributed by atoms with E-state index < -0.39 is 5.97 Å². The third-order valence-electron chi connectivity index (χ3n) is 4.61. The molecule has 1 amide bonds. The van der Waals surface area contributed by atoms with Crippen LogP contribution in [0.1, 0.15) is 21.6 Å². The summed E-state index contributed by atoms with van der Waals surface area (Å²) in [4.78, 5) is 33.8. The summed E-state index contributed by atoms with van der Waals surface area (Å²) < 4.78 is 13.9. The van der Waals surface area contributed by atoms with E-state index in [2.05, 4.69) is 4.98 Å². The lowest BCUT2D eigenvalue weighted by Gasteiger charge is -2.24. The zero-order valence-corrected chi connectivity index (χ0v) is 15.9. The van der Waals surface area contributed by atoms with Gasteiger partial charge in [-0.2, -0.15) is 0 Å². The number of hydrogen-bond donors (Lipinski definition) is 1. The molecule has 1 aromatic carbocycles. The van der Waals surface area contributed by atoms with E-state index in [1.54, 1.807) is 11.0 Å². The Morgan fingerprint density at radius 1 is 1.25 bits per heavy atom. The van der Waals surface area contributed by atoms with Crippen molar-refractivity contribution in [1.82, 2.24) is 14.8 Å². The summed E-state index contributed by atoms with van der Waals surface area (Å²) in [5, 5.41) is 9.16. The molecule has 0 aliphatic carbocycles. The first-order valence-corrected chi connectivity index (χ1v) is 8.97. The van der Waals surface area contributed by atoms with Gasteiger partial charge in [-0.1, -0.05) is 6.07 Å². The number of halogens is 1. The molecule has 1 N–H and O–H groups in total. The maximum absolute atomic E-state index is 13.9. The van der Waals surface area contributed by atoms with E-state index in [-0.39, 0.29) is 23.8 Å². The maximum Gasteiger partial charge on any atom is 0.335 e. The molecule has 8 heteroatoms. The topological polar surface area (TPSA) is 77.0 Å². The van der Waals surface area contributed by atoms with E-state index in [1.165, 1.54) is 30.5 Å². The molecule has 0 bridgehead atoms. The summed E-state index contributed by atoms with van der Waals surface area (Å²) in [5.74, 6) is -1.53. The first-order valence-electron chi connectivity index (χ1n) is 8.97. The summed E-state index contributed by atoms with van der Waals surface area (Å²) in [5.41, 5.74) is 2.15. The van der Waals surface area contributed by atoms with Crippen molar-refractivity contribution in [2.45, 2.75) is 13.1 Å². The Morgan fingerprint density at radius 3 is 2.75 bits per heavy atom. The number of fused-ring (bicyclic) bond motifs is 1. The molecule has 3 rings (SSSR count). The summed E-state index contributed by atoms with van der Waals surface area (Å²) in [6.45, 7) is 2.03. The second kappa shape index (κ2) is 8.45.